The van der Waals surface area contributed by atoms with Crippen LogP contribution in [0.5, 0.6) is 0 Å². The van der Waals surface area contributed by atoms with Crippen LogP contribution in [0.1, 0.15) is 12.6 Å². The minimum atomic E-state index is -3.96. The molecule has 1 aromatic carbocycles. The maximum absolute atomic E-state index is 11.7. The molecule has 2 heterocycles. The van der Waals surface area contributed by atoms with E-state index in [9.17, 15) is 8.42 Å². The summed E-state index contributed by atoms with van der Waals surface area (Å²) >= 11 is 7.53. The van der Waals surface area contributed by atoms with E-state index in [2.05, 4.69) is 10.1 Å². The van der Waals surface area contributed by atoms with Crippen LogP contribution >= 0.6 is 33.6 Å². The Labute approximate surface area is 134 Å². The highest BCUT2D eigenvalue weighted by atomic mass is 35.7. The van der Waals surface area contributed by atoms with Crippen LogP contribution in [-0.4, -0.2) is 23.2 Å². The molecule has 9 heteroatoms. The molecule has 0 radical (unpaired) electrons. The zero-order chi connectivity index (χ0) is 15.2. The summed E-state index contributed by atoms with van der Waals surface area (Å²) in [5.41, 5.74) is 1.13. The van der Waals surface area contributed by atoms with Crippen molar-refractivity contribution in [1.82, 2.24) is 14.8 Å². The van der Waals surface area contributed by atoms with Crippen LogP contribution < -0.4 is 0 Å². The number of para-hydroxylation sites is 1. The maximum Gasteiger partial charge on any atom is 0.266 e. The maximum atomic E-state index is 11.7. The van der Waals surface area contributed by atoms with E-state index in [1.54, 1.807) is 6.92 Å². The topological polar surface area (TPSA) is 64.8 Å². The molecule has 0 amide bonds. The van der Waals surface area contributed by atoms with Crippen molar-refractivity contribution in [2.45, 2.75) is 18.2 Å². The molecule has 3 rings (SSSR count). The van der Waals surface area contributed by atoms with Gasteiger partial charge in [-0.25, -0.2) is 13.4 Å². The van der Waals surface area contributed by atoms with Gasteiger partial charge >= 0.3 is 0 Å². The smallest absolute Gasteiger partial charge is 0.218 e. The number of benzene rings is 1. The van der Waals surface area contributed by atoms with E-state index in [-0.39, 0.29) is 10.0 Å². The van der Waals surface area contributed by atoms with Crippen LogP contribution in [0.15, 0.2) is 29.2 Å². The number of hydrogen-bond acceptors (Lipinski definition) is 5. The average Bonchev–Trinajstić information content (AvgIpc) is 2.97. The van der Waals surface area contributed by atoms with Crippen LogP contribution in [0.2, 0.25) is 5.15 Å². The first-order valence-electron chi connectivity index (χ1n) is 6.00. The van der Waals surface area contributed by atoms with Crippen LogP contribution in [0.25, 0.3) is 15.3 Å². The van der Waals surface area contributed by atoms with Gasteiger partial charge < -0.3 is 0 Å². The first kappa shape index (κ1) is 14.8. The highest BCUT2D eigenvalue weighted by Crippen LogP contribution is 2.33. The van der Waals surface area contributed by atoms with Gasteiger partial charge in [-0.2, -0.15) is 9.78 Å². The molecule has 0 atom stereocenters. The fourth-order valence-corrected chi connectivity index (χ4v) is 4.84. The first-order chi connectivity index (χ1) is 9.91. The molecule has 0 aliphatic rings. The molecular weight excluding hydrogens is 353 g/mol. The molecule has 0 aliphatic carbocycles. The summed E-state index contributed by atoms with van der Waals surface area (Å²) in [4.78, 5) is 4.27. The normalized spacial score (nSPS) is 12.1. The van der Waals surface area contributed by atoms with Gasteiger partial charge in [0.15, 0.2) is 5.15 Å². The highest BCUT2D eigenvalue weighted by Gasteiger charge is 2.27. The van der Waals surface area contributed by atoms with Crippen LogP contribution in [0.3, 0.4) is 0 Å². The lowest BCUT2D eigenvalue weighted by Crippen LogP contribution is -1.96. The molecule has 3 aromatic rings. The molecule has 0 saturated heterocycles. The average molecular weight is 362 g/mol. The predicted molar refractivity (Wildman–Crippen MR) is 84.2 cm³/mol. The lowest BCUT2D eigenvalue weighted by atomic mass is 10.3. The van der Waals surface area contributed by atoms with Gasteiger partial charge in [-0.1, -0.05) is 42.0 Å². The molecule has 0 saturated carbocycles. The Morgan fingerprint density at radius 2 is 2.05 bits per heavy atom. The van der Waals surface area contributed by atoms with E-state index in [1.165, 1.54) is 16.0 Å². The third kappa shape index (κ3) is 2.55. The van der Waals surface area contributed by atoms with Crippen molar-refractivity contribution >= 4 is 52.9 Å². The van der Waals surface area contributed by atoms with Gasteiger partial charge in [0, 0.05) is 10.7 Å². The largest absolute Gasteiger partial charge is 0.266 e. The minimum absolute atomic E-state index is 0.0408. The second-order valence-corrected chi connectivity index (χ2v) is 8.10. The van der Waals surface area contributed by atoms with Gasteiger partial charge in [0.25, 0.3) is 9.05 Å². The Bertz CT molecular complexity index is 898. The van der Waals surface area contributed by atoms with Gasteiger partial charge in [0.2, 0.25) is 5.13 Å². The zero-order valence-corrected chi connectivity index (χ0v) is 13.9. The van der Waals surface area contributed by atoms with Gasteiger partial charge in [0.05, 0.1) is 15.9 Å². The lowest BCUT2D eigenvalue weighted by Gasteiger charge is -1.96. The standard InChI is InChI=1S/C12H9Cl2N3O2S2/c1-2-7-10(21(14,18)19)11(13)17(16-7)12-15-8-5-3-4-6-9(8)20-12/h3-6H,2H2,1H3. The fraction of sp³-hybridized carbons (Fsp3) is 0.167. The van der Waals surface area contributed by atoms with Crippen molar-refractivity contribution in [3.8, 4) is 5.13 Å². The quantitative estimate of drug-likeness (QED) is 0.668. The summed E-state index contributed by atoms with van der Waals surface area (Å²) in [7, 11) is 1.48. The van der Waals surface area contributed by atoms with Crippen LogP contribution in [0, 0.1) is 0 Å². The summed E-state index contributed by atoms with van der Waals surface area (Å²) in [6, 6.07) is 7.57. The highest BCUT2D eigenvalue weighted by molar-refractivity contribution is 8.13. The summed E-state index contributed by atoms with van der Waals surface area (Å²) in [5.74, 6) is 0. The Hall–Kier alpha value is -1.15. The van der Waals surface area contributed by atoms with Crippen molar-refractivity contribution in [3.63, 3.8) is 0 Å². The third-order valence-electron chi connectivity index (χ3n) is 2.90. The molecule has 0 N–H and O–H groups in total. The summed E-state index contributed by atoms with van der Waals surface area (Å²) in [6.45, 7) is 1.78. The first-order valence-corrected chi connectivity index (χ1v) is 9.50. The van der Waals surface area contributed by atoms with E-state index < -0.39 is 9.05 Å². The molecule has 110 valence electrons. The number of halogens is 2. The van der Waals surface area contributed by atoms with E-state index in [0.717, 1.165) is 10.2 Å². The van der Waals surface area contributed by atoms with Crippen molar-refractivity contribution in [2.24, 2.45) is 0 Å². The molecule has 2 aromatic heterocycles. The number of aromatic nitrogens is 3. The summed E-state index contributed by atoms with van der Waals surface area (Å²) in [6.07, 6.45) is 0.402. The lowest BCUT2D eigenvalue weighted by molar-refractivity contribution is 0.608. The molecule has 0 unspecified atom stereocenters. The van der Waals surface area contributed by atoms with Gasteiger partial charge in [0.1, 0.15) is 4.90 Å². The zero-order valence-electron chi connectivity index (χ0n) is 10.7. The Morgan fingerprint density at radius 3 is 2.62 bits per heavy atom. The van der Waals surface area contributed by atoms with E-state index >= 15 is 0 Å². The van der Waals surface area contributed by atoms with Crippen LogP contribution in [0.4, 0.5) is 0 Å². The molecule has 21 heavy (non-hydrogen) atoms. The molecule has 5 nitrogen and oxygen atoms in total. The number of fused-ring (bicyclic) bond motifs is 1. The number of rotatable bonds is 3. The Balaban J connectivity index is 2.26. The number of aryl methyl sites for hydroxylation is 1. The van der Waals surface area contributed by atoms with Crippen molar-refractivity contribution < 1.29 is 8.42 Å². The van der Waals surface area contributed by atoms with Crippen molar-refractivity contribution in [1.29, 1.82) is 0 Å². The van der Waals surface area contributed by atoms with Crippen molar-refractivity contribution in [3.05, 3.63) is 35.1 Å². The Morgan fingerprint density at radius 1 is 1.33 bits per heavy atom. The van der Waals surface area contributed by atoms with Crippen LogP contribution in [-0.2, 0) is 15.5 Å². The monoisotopic (exact) mass is 361 g/mol. The minimum Gasteiger partial charge on any atom is -0.218 e. The van der Waals surface area contributed by atoms with Gasteiger partial charge in [-0.15, -0.1) is 0 Å². The number of hydrogen-bond donors (Lipinski definition) is 0. The molecule has 0 bridgehead atoms. The van der Waals surface area contributed by atoms with E-state index in [1.807, 2.05) is 24.3 Å². The SMILES string of the molecule is CCc1nn(-c2nc3ccccc3s2)c(Cl)c1S(=O)(=O)Cl. The Kier molecular flexibility index (Phi) is 3.69. The molecular formula is C12H9Cl2N3O2S2. The summed E-state index contributed by atoms with van der Waals surface area (Å²) in [5, 5.41) is 4.69. The predicted octanol–water partition coefficient (Wildman–Crippen LogP) is 3.63. The molecule has 0 spiro atoms. The second-order valence-electron chi connectivity index (χ2n) is 4.23. The third-order valence-corrected chi connectivity index (χ3v) is 5.75. The van der Waals surface area contributed by atoms with Crippen molar-refractivity contribution in [2.75, 3.05) is 0 Å². The summed E-state index contributed by atoms with van der Waals surface area (Å²) < 4.78 is 25.6. The van der Waals surface area contributed by atoms with Gasteiger partial charge in [-0.3, -0.25) is 0 Å². The number of thiazole rings is 1. The number of nitrogens with zero attached hydrogens (tertiary/aromatic N) is 3. The molecule has 0 aliphatic heterocycles. The van der Waals surface area contributed by atoms with E-state index in [4.69, 9.17) is 22.3 Å². The van der Waals surface area contributed by atoms with Gasteiger partial charge in [-0.05, 0) is 18.6 Å². The fourth-order valence-electron chi connectivity index (χ4n) is 1.98. The molecule has 0 fully saturated rings. The second kappa shape index (κ2) is 5.24. The van der Waals surface area contributed by atoms with E-state index in [0.29, 0.717) is 17.2 Å².